The van der Waals surface area contributed by atoms with Gasteiger partial charge in [0.1, 0.15) is 18.0 Å². The summed E-state index contributed by atoms with van der Waals surface area (Å²) >= 11 is 0. The Morgan fingerprint density at radius 2 is 1.89 bits per heavy atom. The van der Waals surface area contributed by atoms with Crippen LogP contribution in [0.3, 0.4) is 0 Å². The summed E-state index contributed by atoms with van der Waals surface area (Å²) in [5.74, 6) is -0.574. The van der Waals surface area contributed by atoms with E-state index in [2.05, 4.69) is 10.3 Å². The maximum absolute atomic E-state index is 13.8. The molecule has 3 aromatic rings. The van der Waals surface area contributed by atoms with Crippen molar-refractivity contribution >= 4 is 23.1 Å². The van der Waals surface area contributed by atoms with E-state index in [1.165, 1.54) is 12.1 Å². The molecule has 1 fully saturated rings. The molecule has 2 amide bonds. The molecular formula is C29H38FN3O4. The lowest BCUT2D eigenvalue weighted by Crippen LogP contribution is -2.45. The van der Waals surface area contributed by atoms with Crippen LogP contribution in [-0.2, 0) is 16.1 Å². The van der Waals surface area contributed by atoms with E-state index in [0.717, 1.165) is 29.4 Å². The van der Waals surface area contributed by atoms with Gasteiger partial charge in [0.15, 0.2) is 0 Å². The molecule has 1 aromatic heterocycles. The van der Waals surface area contributed by atoms with Gasteiger partial charge in [-0.1, -0.05) is 44.2 Å². The van der Waals surface area contributed by atoms with Crippen molar-refractivity contribution in [1.82, 2.24) is 15.2 Å². The molecule has 1 aliphatic rings. The first-order valence-corrected chi connectivity index (χ1v) is 12.9. The molecule has 37 heavy (non-hydrogen) atoms. The van der Waals surface area contributed by atoms with E-state index in [1.54, 1.807) is 11.0 Å². The molecule has 2 heterocycles. The molecule has 8 heteroatoms. The third kappa shape index (κ3) is 7.47. The minimum Gasteiger partial charge on any atom is -0.445 e. The van der Waals surface area contributed by atoms with Crippen molar-refractivity contribution in [1.29, 1.82) is 0 Å². The Kier molecular flexibility index (Phi) is 9.55. The summed E-state index contributed by atoms with van der Waals surface area (Å²) in [6.45, 7) is 10.5. The van der Waals surface area contributed by atoms with Crippen LogP contribution >= 0.6 is 0 Å². The second-order valence-corrected chi connectivity index (χ2v) is 9.87. The molecule has 2 atom stereocenters. The molecule has 0 bridgehead atoms. The first-order valence-electron chi connectivity index (χ1n) is 12.9. The molecule has 0 radical (unpaired) electrons. The zero-order chi connectivity index (χ0) is 27.0. The van der Waals surface area contributed by atoms with Crippen LogP contribution in [0, 0.1) is 5.82 Å². The molecule has 7 nitrogen and oxygen atoms in total. The van der Waals surface area contributed by atoms with Gasteiger partial charge in [0, 0.05) is 42.1 Å². The van der Waals surface area contributed by atoms with Gasteiger partial charge in [-0.15, -0.1) is 0 Å². The molecule has 1 aliphatic heterocycles. The number of fused-ring (bicyclic) bond motifs is 1. The summed E-state index contributed by atoms with van der Waals surface area (Å²) in [5.41, 5.74) is 1.85. The van der Waals surface area contributed by atoms with Crippen molar-refractivity contribution in [3.63, 3.8) is 0 Å². The van der Waals surface area contributed by atoms with Crippen molar-refractivity contribution in [2.24, 2.45) is 0 Å². The number of halogens is 1. The van der Waals surface area contributed by atoms with Crippen LogP contribution < -0.4 is 5.32 Å². The Hall–Kier alpha value is -3.55. The highest BCUT2D eigenvalue weighted by atomic mass is 19.1. The molecule has 4 rings (SSSR count). The summed E-state index contributed by atoms with van der Waals surface area (Å²) in [7, 11) is 0. The number of amides is 2. The number of aromatic amines is 1. The lowest BCUT2D eigenvalue weighted by atomic mass is 9.89. The number of carbonyl (C=O) groups is 2. The SMILES string of the molecule is CC.CC(C)(C)OC(=O)N1CCC[C@H]1[C@H](CNC(=O)OCc1ccccc1)c1c[nH]c2cc(F)ccc12. The number of H-pyrrole nitrogens is 1. The predicted octanol–water partition coefficient (Wildman–Crippen LogP) is 6.74. The summed E-state index contributed by atoms with van der Waals surface area (Å²) in [4.78, 5) is 30.4. The van der Waals surface area contributed by atoms with Gasteiger partial charge in [0.05, 0.1) is 0 Å². The maximum atomic E-state index is 13.8. The average Bonchev–Trinajstić information content (AvgIpc) is 3.52. The minimum absolute atomic E-state index is 0.164. The largest absolute Gasteiger partial charge is 0.445 e. The third-order valence-corrected chi connectivity index (χ3v) is 6.15. The van der Waals surface area contributed by atoms with Gasteiger partial charge >= 0.3 is 12.2 Å². The van der Waals surface area contributed by atoms with Crippen LogP contribution in [0.2, 0.25) is 0 Å². The average molecular weight is 512 g/mol. The summed E-state index contributed by atoms with van der Waals surface area (Å²) < 4.78 is 24.8. The van der Waals surface area contributed by atoms with E-state index < -0.39 is 11.7 Å². The Balaban J connectivity index is 0.00000186. The monoisotopic (exact) mass is 511 g/mol. The Labute approximate surface area is 218 Å². The van der Waals surface area contributed by atoms with E-state index in [9.17, 15) is 14.0 Å². The number of aromatic nitrogens is 1. The molecule has 2 N–H and O–H groups in total. The lowest BCUT2D eigenvalue weighted by molar-refractivity contribution is 0.0205. The number of likely N-dealkylation sites (tertiary alicyclic amines) is 1. The molecule has 0 unspecified atom stereocenters. The van der Waals surface area contributed by atoms with Gasteiger partial charge in [-0.3, -0.25) is 0 Å². The standard InChI is InChI=1S/C27H32FN3O4.C2H6/c1-27(2,3)35-26(33)31-13-7-10-24(31)22(21-15-29-23-14-19(28)11-12-20(21)23)16-30-25(32)34-17-18-8-5-4-6-9-18;1-2/h4-6,8-9,11-12,14-15,22,24,29H,7,10,13,16-17H2,1-3H3,(H,30,32);1-2H3/t22-,24+;/m1./s1. The smallest absolute Gasteiger partial charge is 0.410 e. The van der Waals surface area contributed by atoms with Crippen molar-refractivity contribution in [2.45, 2.75) is 71.6 Å². The van der Waals surface area contributed by atoms with Crippen LogP contribution in [-0.4, -0.2) is 46.8 Å². The predicted molar refractivity (Wildman–Crippen MR) is 143 cm³/mol. The fourth-order valence-corrected chi connectivity index (χ4v) is 4.61. The second kappa shape index (κ2) is 12.6. The third-order valence-electron chi connectivity index (χ3n) is 6.15. The minimum atomic E-state index is -0.614. The molecule has 200 valence electrons. The Morgan fingerprint density at radius 1 is 1.16 bits per heavy atom. The highest BCUT2D eigenvalue weighted by Crippen LogP contribution is 2.35. The van der Waals surface area contributed by atoms with Crippen LogP contribution in [0.25, 0.3) is 10.9 Å². The lowest BCUT2D eigenvalue weighted by Gasteiger charge is -2.33. The number of benzene rings is 2. The van der Waals surface area contributed by atoms with Gasteiger partial charge in [-0.2, -0.15) is 0 Å². The van der Waals surface area contributed by atoms with Crippen molar-refractivity contribution in [2.75, 3.05) is 13.1 Å². The quantitative estimate of drug-likeness (QED) is 0.384. The fourth-order valence-electron chi connectivity index (χ4n) is 4.61. The van der Waals surface area contributed by atoms with Gasteiger partial charge in [0.25, 0.3) is 0 Å². The van der Waals surface area contributed by atoms with Crippen LogP contribution in [0.15, 0.2) is 54.7 Å². The van der Waals surface area contributed by atoms with E-state index in [-0.39, 0.29) is 37.0 Å². The molecular weight excluding hydrogens is 473 g/mol. The van der Waals surface area contributed by atoms with Crippen molar-refractivity contribution < 1.29 is 23.5 Å². The zero-order valence-corrected chi connectivity index (χ0v) is 22.3. The zero-order valence-electron chi connectivity index (χ0n) is 22.3. The summed E-state index contributed by atoms with van der Waals surface area (Å²) in [5, 5.41) is 3.73. The molecule has 1 saturated heterocycles. The number of hydrogen-bond donors (Lipinski definition) is 2. The van der Waals surface area contributed by atoms with Crippen LogP contribution in [0.4, 0.5) is 14.0 Å². The Bertz CT molecular complexity index is 1170. The van der Waals surface area contributed by atoms with E-state index in [1.807, 2.05) is 71.1 Å². The molecule has 0 aliphatic carbocycles. The maximum Gasteiger partial charge on any atom is 0.410 e. The normalized spacial score (nSPS) is 16.1. The van der Waals surface area contributed by atoms with E-state index in [0.29, 0.717) is 12.1 Å². The number of alkyl carbamates (subject to hydrolysis) is 1. The van der Waals surface area contributed by atoms with Crippen molar-refractivity contribution in [3.8, 4) is 0 Å². The summed E-state index contributed by atoms with van der Waals surface area (Å²) in [6.07, 6.45) is 2.51. The van der Waals surface area contributed by atoms with Crippen molar-refractivity contribution in [3.05, 3.63) is 71.7 Å². The molecule has 0 saturated carbocycles. The fraction of sp³-hybridized carbons (Fsp3) is 0.448. The van der Waals surface area contributed by atoms with Crippen LogP contribution in [0.5, 0.6) is 0 Å². The topological polar surface area (TPSA) is 83.7 Å². The first-order chi connectivity index (χ1) is 17.7. The number of ether oxygens (including phenoxy) is 2. The molecule has 0 spiro atoms. The van der Waals surface area contributed by atoms with Gasteiger partial charge in [0.2, 0.25) is 0 Å². The highest BCUT2D eigenvalue weighted by molar-refractivity contribution is 5.84. The van der Waals surface area contributed by atoms with Gasteiger partial charge in [-0.25, -0.2) is 14.0 Å². The number of nitrogens with one attached hydrogen (secondary N) is 2. The van der Waals surface area contributed by atoms with Crippen LogP contribution in [0.1, 0.15) is 64.5 Å². The molecule has 2 aromatic carbocycles. The number of hydrogen-bond acceptors (Lipinski definition) is 4. The van der Waals surface area contributed by atoms with E-state index in [4.69, 9.17) is 9.47 Å². The van der Waals surface area contributed by atoms with Gasteiger partial charge < -0.3 is 24.7 Å². The second-order valence-electron chi connectivity index (χ2n) is 9.87. The first kappa shape index (κ1) is 28.0. The number of rotatable bonds is 6. The van der Waals surface area contributed by atoms with Gasteiger partial charge in [-0.05, 0) is 62.9 Å². The summed E-state index contributed by atoms with van der Waals surface area (Å²) in [6, 6.07) is 13.8. The van der Waals surface area contributed by atoms with E-state index >= 15 is 0 Å². The number of nitrogens with zero attached hydrogens (tertiary/aromatic N) is 1. The number of carbonyl (C=O) groups excluding carboxylic acids is 2. The Morgan fingerprint density at radius 3 is 2.59 bits per heavy atom. The highest BCUT2D eigenvalue weighted by Gasteiger charge is 2.38.